The van der Waals surface area contributed by atoms with E-state index in [9.17, 15) is 4.79 Å². The fourth-order valence-corrected chi connectivity index (χ4v) is 1.72. The second-order valence-corrected chi connectivity index (χ2v) is 4.34. The second kappa shape index (κ2) is 4.80. The summed E-state index contributed by atoms with van der Waals surface area (Å²) >= 11 is 9.00. The van der Waals surface area contributed by atoms with Crippen molar-refractivity contribution >= 4 is 33.3 Å². The van der Waals surface area contributed by atoms with Gasteiger partial charge in [0.05, 0.1) is 17.0 Å². The van der Waals surface area contributed by atoms with Crippen molar-refractivity contribution in [3.63, 3.8) is 0 Å². The number of ether oxygens (including phenoxy) is 1. The Labute approximate surface area is 96.3 Å². The lowest BCUT2D eigenvalue weighted by Gasteiger charge is -2.06. The van der Waals surface area contributed by atoms with Gasteiger partial charge in [-0.3, -0.25) is 4.79 Å². The predicted molar refractivity (Wildman–Crippen MR) is 60.3 cm³/mol. The Kier molecular flexibility index (Phi) is 3.96. The molecule has 0 N–H and O–H groups in total. The molecule has 14 heavy (non-hydrogen) atoms. The number of halogens is 2. The van der Waals surface area contributed by atoms with Crippen LogP contribution in [0.3, 0.4) is 0 Å². The van der Waals surface area contributed by atoms with Crippen molar-refractivity contribution in [1.29, 1.82) is 0 Å². The maximum absolute atomic E-state index is 11.5. The van der Waals surface area contributed by atoms with Crippen LogP contribution in [0.5, 0.6) is 5.75 Å². The lowest BCUT2D eigenvalue weighted by Crippen LogP contribution is -2.10. The Hall–Kier alpha value is -0.540. The first-order valence-electron chi connectivity index (χ1n) is 4.08. The third kappa shape index (κ3) is 2.49. The molecule has 0 aliphatic carbocycles. The summed E-state index contributed by atoms with van der Waals surface area (Å²) < 4.78 is 5.80. The highest BCUT2D eigenvalue weighted by molar-refractivity contribution is 9.10. The molecule has 0 saturated heterocycles. The van der Waals surface area contributed by atoms with E-state index in [1.165, 1.54) is 0 Å². The summed E-state index contributed by atoms with van der Waals surface area (Å²) in [7, 11) is 1.58. The van der Waals surface area contributed by atoms with Crippen molar-refractivity contribution in [3.8, 4) is 5.75 Å². The number of benzene rings is 1. The maximum atomic E-state index is 11.5. The number of rotatable bonds is 3. The Morgan fingerprint density at radius 1 is 1.57 bits per heavy atom. The molecule has 0 aromatic heterocycles. The normalized spacial score (nSPS) is 12.3. The van der Waals surface area contributed by atoms with Gasteiger partial charge in [-0.2, -0.15) is 0 Å². The molecular weight excluding hydrogens is 267 g/mol. The van der Waals surface area contributed by atoms with Crippen LogP contribution in [0.2, 0.25) is 0 Å². The Morgan fingerprint density at radius 2 is 2.21 bits per heavy atom. The third-order valence-corrected chi connectivity index (χ3v) is 2.62. The minimum absolute atomic E-state index is 0.0879. The molecule has 0 spiro atoms. The monoisotopic (exact) mass is 276 g/mol. The number of carbonyl (C=O) groups is 1. The molecule has 1 atom stereocenters. The lowest BCUT2D eigenvalue weighted by atomic mass is 10.1. The number of methoxy groups -OCH3 is 1. The van der Waals surface area contributed by atoms with Crippen LogP contribution in [-0.4, -0.2) is 18.3 Å². The predicted octanol–water partition coefficient (Wildman–Crippen LogP) is 3.27. The lowest BCUT2D eigenvalue weighted by molar-refractivity contribution is 0.0991. The molecule has 0 aliphatic rings. The molecule has 0 heterocycles. The average molecular weight is 278 g/mol. The van der Waals surface area contributed by atoms with E-state index >= 15 is 0 Å². The van der Waals surface area contributed by atoms with Crippen LogP contribution >= 0.6 is 27.5 Å². The van der Waals surface area contributed by atoms with Crippen LogP contribution in [0.4, 0.5) is 0 Å². The summed E-state index contributed by atoms with van der Waals surface area (Å²) in [6.07, 6.45) is 0. The van der Waals surface area contributed by atoms with Gasteiger partial charge in [-0.05, 0) is 41.1 Å². The van der Waals surface area contributed by atoms with Gasteiger partial charge in [0.2, 0.25) is 0 Å². The first kappa shape index (κ1) is 11.5. The fourth-order valence-electron chi connectivity index (χ4n) is 1.05. The van der Waals surface area contributed by atoms with Crippen molar-refractivity contribution < 1.29 is 9.53 Å². The standard InChI is InChI=1S/C10H10BrClO2/c1-6(12)10(13)7-3-4-9(14-2)8(11)5-7/h3-6H,1-2H3. The van der Waals surface area contributed by atoms with E-state index in [4.69, 9.17) is 16.3 Å². The zero-order chi connectivity index (χ0) is 10.7. The van der Waals surface area contributed by atoms with E-state index in [0.717, 1.165) is 4.47 Å². The zero-order valence-electron chi connectivity index (χ0n) is 7.88. The Bertz CT molecular complexity index is 350. The summed E-state index contributed by atoms with van der Waals surface area (Å²) in [5, 5.41) is -0.504. The van der Waals surface area contributed by atoms with Gasteiger partial charge in [-0.25, -0.2) is 0 Å². The number of carbonyl (C=O) groups excluding carboxylic acids is 1. The van der Waals surface area contributed by atoms with Crippen LogP contribution < -0.4 is 4.74 Å². The highest BCUT2D eigenvalue weighted by Crippen LogP contribution is 2.26. The quantitative estimate of drug-likeness (QED) is 0.626. The second-order valence-electron chi connectivity index (χ2n) is 2.83. The van der Waals surface area contributed by atoms with Crippen LogP contribution in [0.25, 0.3) is 0 Å². The van der Waals surface area contributed by atoms with E-state index in [0.29, 0.717) is 11.3 Å². The highest BCUT2D eigenvalue weighted by atomic mass is 79.9. The van der Waals surface area contributed by atoms with Crippen LogP contribution in [0, 0.1) is 0 Å². The minimum Gasteiger partial charge on any atom is -0.496 e. The van der Waals surface area contributed by atoms with E-state index in [-0.39, 0.29) is 5.78 Å². The summed E-state index contributed by atoms with van der Waals surface area (Å²) in [6, 6.07) is 5.14. The maximum Gasteiger partial charge on any atom is 0.180 e. The molecule has 0 bridgehead atoms. The van der Waals surface area contributed by atoms with Crippen molar-refractivity contribution in [1.82, 2.24) is 0 Å². The van der Waals surface area contributed by atoms with Crippen LogP contribution in [0.15, 0.2) is 22.7 Å². The molecule has 0 fully saturated rings. The average Bonchev–Trinajstić information content (AvgIpc) is 2.16. The molecule has 0 amide bonds. The van der Waals surface area contributed by atoms with Gasteiger partial charge >= 0.3 is 0 Å². The van der Waals surface area contributed by atoms with Crippen molar-refractivity contribution in [2.45, 2.75) is 12.3 Å². The van der Waals surface area contributed by atoms with Gasteiger partial charge < -0.3 is 4.74 Å². The molecule has 0 saturated carbocycles. The smallest absolute Gasteiger partial charge is 0.180 e. The summed E-state index contributed by atoms with van der Waals surface area (Å²) in [5.74, 6) is 0.610. The molecule has 76 valence electrons. The van der Waals surface area contributed by atoms with Gasteiger partial charge in [-0.1, -0.05) is 0 Å². The molecule has 1 aromatic carbocycles. The Morgan fingerprint density at radius 3 is 2.64 bits per heavy atom. The number of Topliss-reactive ketones (excluding diaryl/α,β-unsaturated/α-hetero) is 1. The van der Waals surface area contributed by atoms with Gasteiger partial charge in [0.25, 0.3) is 0 Å². The topological polar surface area (TPSA) is 26.3 Å². The van der Waals surface area contributed by atoms with E-state index < -0.39 is 5.38 Å². The SMILES string of the molecule is COc1ccc(C(=O)C(C)Cl)cc1Br. The third-order valence-electron chi connectivity index (χ3n) is 1.80. The van der Waals surface area contributed by atoms with Crippen molar-refractivity contribution in [2.75, 3.05) is 7.11 Å². The summed E-state index contributed by atoms with van der Waals surface area (Å²) in [6.45, 7) is 1.65. The first-order valence-corrected chi connectivity index (χ1v) is 5.31. The number of hydrogen-bond donors (Lipinski definition) is 0. The zero-order valence-corrected chi connectivity index (χ0v) is 10.2. The fraction of sp³-hybridized carbons (Fsp3) is 0.300. The van der Waals surface area contributed by atoms with Gasteiger partial charge in [0, 0.05) is 5.56 Å². The number of hydrogen-bond acceptors (Lipinski definition) is 2. The number of ketones is 1. The van der Waals surface area contributed by atoms with E-state index in [2.05, 4.69) is 15.9 Å². The molecule has 0 aliphatic heterocycles. The first-order chi connectivity index (χ1) is 6.56. The van der Waals surface area contributed by atoms with Gasteiger partial charge in [0.1, 0.15) is 5.75 Å². The van der Waals surface area contributed by atoms with E-state index in [1.54, 1.807) is 32.2 Å². The van der Waals surface area contributed by atoms with E-state index in [1.807, 2.05) is 0 Å². The molecule has 1 unspecified atom stereocenters. The molecular formula is C10H10BrClO2. The van der Waals surface area contributed by atoms with Gasteiger partial charge in [0.15, 0.2) is 5.78 Å². The van der Waals surface area contributed by atoms with Crippen molar-refractivity contribution in [3.05, 3.63) is 28.2 Å². The Balaban J connectivity index is 3.03. The minimum atomic E-state index is -0.504. The summed E-state index contributed by atoms with van der Waals surface area (Å²) in [4.78, 5) is 11.5. The molecule has 0 radical (unpaired) electrons. The highest BCUT2D eigenvalue weighted by Gasteiger charge is 2.13. The van der Waals surface area contributed by atoms with Crippen LogP contribution in [-0.2, 0) is 0 Å². The van der Waals surface area contributed by atoms with Gasteiger partial charge in [-0.15, -0.1) is 11.6 Å². The van der Waals surface area contributed by atoms with Crippen molar-refractivity contribution in [2.24, 2.45) is 0 Å². The molecule has 2 nitrogen and oxygen atoms in total. The van der Waals surface area contributed by atoms with Crippen LogP contribution in [0.1, 0.15) is 17.3 Å². The molecule has 4 heteroatoms. The molecule has 1 aromatic rings. The largest absolute Gasteiger partial charge is 0.496 e. The molecule has 1 rings (SSSR count). The summed E-state index contributed by atoms with van der Waals surface area (Å²) in [5.41, 5.74) is 0.583. The number of alkyl halides is 1.